The second-order valence-electron chi connectivity index (χ2n) is 6.53. The number of aromatic nitrogens is 1. The van der Waals surface area contributed by atoms with Gasteiger partial charge in [-0.1, -0.05) is 30.3 Å². The van der Waals surface area contributed by atoms with Crippen LogP contribution in [0, 0.1) is 10.1 Å². The molecule has 2 N–H and O–H groups in total. The van der Waals surface area contributed by atoms with E-state index in [0.29, 0.717) is 5.56 Å². The zero-order valence-electron chi connectivity index (χ0n) is 15.1. The number of alkyl halides is 3. The number of amidine groups is 1. The predicted octanol–water partition coefficient (Wildman–Crippen LogP) is 4.26. The molecule has 7 nitrogen and oxygen atoms in total. The molecule has 1 aromatic heterocycles. The molecule has 0 radical (unpaired) electrons. The number of nitro benzene ring substituents is 1. The van der Waals surface area contributed by atoms with Gasteiger partial charge in [-0.2, -0.15) is 13.2 Å². The highest BCUT2D eigenvalue weighted by atomic mass is 19.4. The lowest BCUT2D eigenvalue weighted by Crippen LogP contribution is -2.29. The molecule has 0 saturated heterocycles. The van der Waals surface area contributed by atoms with Crippen LogP contribution in [0.15, 0.2) is 70.6 Å². The molecule has 2 heterocycles. The standard InChI is InChI=1S/C20H13F3N4O3/c21-20(22,23)14-7-2-1-6-13(14)17-16-15(8-9-24-19(16)28)25-18(26-17)11-4-3-5-12(10-11)27(29)30/h1-10,17H,(H,24,28)(H,25,26). The van der Waals surface area contributed by atoms with E-state index in [1.165, 1.54) is 48.7 Å². The zero-order valence-corrected chi connectivity index (χ0v) is 15.1. The minimum absolute atomic E-state index is 0.0309. The molecule has 0 aliphatic carbocycles. The first-order valence-corrected chi connectivity index (χ1v) is 8.73. The quantitative estimate of drug-likeness (QED) is 0.494. The second kappa shape index (κ2) is 7.14. The highest BCUT2D eigenvalue weighted by Gasteiger charge is 2.37. The molecule has 0 spiro atoms. The molecule has 0 fully saturated rings. The van der Waals surface area contributed by atoms with Gasteiger partial charge in [0.1, 0.15) is 11.9 Å². The topological polar surface area (TPSA) is 100 Å². The van der Waals surface area contributed by atoms with Crippen molar-refractivity contribution in [1.82, 2.24) is 4.98 Å². The Balaban J connectivity index is 1.94. The maximum atomic E-state index is 13.6. The first kappa shape index (κ1) is 19.4. The molecule has 0 amide bonds. The number of aliphatic imine (C=N–C) groups is 1. The van der Waals surface area contributed by atoms with E-state index >= 15 is 0 Å². The molecular weight excluding hydrogens is 401 g/mol. The smallest absolute Gasteiger partial charge is 0.339 e. The summed E-state index contributed by atoms with van der Waals surface area (Å²) in [5.41, 5.74) is -1.25. The molecule has 0 saturated carbocycles. The maximum Gasteiger partial charge on any atom is 0.416 e. The van der Waals surface area contributed by atoms with Crippen molar-refractivity contribution in [3.8, 4) is 0 Å². The number of nitro groups is 1. The van der Waals surface area contributed by atoms with Crippen LogP contribution in [0.25, 0.3) is 0 Å². The van der Waals surface area contributed by atoms with Crippen molar-refractivity contribution in [2.24, 2.45) is 4.99 Å². The normalized spacial score (nSPS) is 15.7. The molecule has 3 aromatic rings. The summed E-state index contributed by atoms with van der Waals surface area (Å²) < 4.78 is 40.9. The van der Waals surface area contributed by atoms with Crippen molar-refractivity contribution in [3.63, 3.8) is 0 Å². The molecule has 4 rings (SSSR count). The number of nitrogens with one attached hydrogen (secondary N) is 2. The van der Waals surface area contributed by atoms with Gasteiger partial charge in [0.05, 0.1) is 21.7 Å². The van der Waals surface area contributed by atoms with Crippen molar-refractivity contribution in [3.05, 3.63) is 104 Å². The molecule has 1 unspecified atom stereocenters. The Morgan fingerprint density at radius 1 is 1.07 bits per heavy atom. The van der Waals surface area contributed by atoms with Crippen LogP contribution in [-0.4, -0.2) is 15.7 Å². The predicted molar refractivity (Wildman–Crippen MR) is 104 cm³/mol. The highest BCUT2D eigenvalue weighted by Crippen LogP contribution is 2.40. The van der Waals surface area contributed by atoms with Crippen LogP contribution < -0.4 is 10.9 Å². The molecule has 2 aromatic carbocycles. The Morgan fingerprint density at radius 2 is 1.83 bits per heavy atom. The molecule has 30 heavy (non-hydrogen) atoms. The Kier molecular flexibility index (Phi) is 4.61. The van der Waals surface area contributed by atoms with Gasteiger partial charge in [0.25, 0.3) is 11.2 Å². The fourth-order valence-corrected chi connectivity index (χ4v) is 3.36. The Bertz CT molecular complexity index is 1230. The third-order valence-corrected chi connectivity index (χ3v) is 4.68. The van der Waals surface area contributed by atoms with Crippen LogP contribution in [-0.2, 0) is 6.18 Å². The second-order valence-corrected chi connectivity index (χ2v) is 6.53. The van der Waals surface area contributed by atoms with Crippen LogP contribution in [0.3, 0.4) is 0 Å². The maximum absolute atomic E-state index is 13.6. The van der Waals surface area contributed by atoms with E-state index in [1.807, 2.05) is 0 Å². The lowest BCUT2D eigenvalue weighted by Gasteiger charge is -2.26. The average Bonchev–Trinajstić information content (AvgIpc) is 2.72. The van der Waals surface area contributed by atoms with Crippen LogP contribution >= 0.6 is 0 Å². The summed E-state index contributed by atoms with van der Waals surface area (Å²) in [7, 11) is 0. The fourth-order valence-electron chi connectivity index (χ4n) is 3.36. The average molecular weight is 414 g/mol. The van der Waals surface area contributed by atoms with E-state index < -0.39 is 28.3 Å². The summed E-state index contributed by atoms with van der Waals surface area (Å²) in [5, 5.41) is 14.0. The van der Waals surface area contributed by atoms with E-state index in [0.717, 1.165) is 6.07 Å². The molecule has 152 valence electrons. The number of nitrogens with zero attached hydrogens (tertiary/aromatic N) is 2. The van der Waals surface area contributed by atoms with E-state index in [1.54, 1.807) is 6.07 Å². The number of anilines is 1. The van der Waals surface area contributed by atoms with E-state index in [4.69, 9.17) is 0 Å². The van der Waals surface area contributed by atoms with Crippen molar-refractivity contribution in [2.75, 3.05) is 5.32 Å². The van der Waals surface area contributed by atoms with E-state index in [9.17, 15) is 28.1 Å². The number of pyridine rings is 1. The van der Waals surface area contributed by atoms with Crippen molar-refractivity contribution in [2.45, 2.75) is 12.2 Å². The lowest BCUT2D eigenvalue weighted by atomic mass is 9.92. The van der Waals surface area contributed by atoms with Gasteiger partial charge in [-0.3, -0.25) is 19.9 Å². The number of hydrogen-bond donors (Lipinski definition) is 2. The van der Waals surface area contributed by atoms with Gasteiger partial charge in [-0.25, -0.2) is 0 Å². The molecule has 10 heteroatoms. The van der Waals surface area contributed by atoms with Gasteiger partial charge in [0.2, 0.25) is 0 Å². The lowest BCUT2D eigenvalue weighted by molar-refractivity contribution is -0.384. The fraction of sp³-hybridized carbons (Fsp3) is 0.100. The van der Waals surface area contributed by atoms with E-state index in [-0.39, 0.29) is 28.3 Å². The van der Waals surface area contributed by atoms with Crippen LogP contribution in [0.5, 0.6) is 0 Å². The number of H-pyrrole nitrogens is 1. The third-order valence-electron chi connectivity index (χ3n) is 4.68. The first-order valence-electron chi connectivity index (χ1n) is 8.73. The van der Waals surface area contributed by atoms with Crippen LogP contribution in [0.1, 0.15) is 28.3 Å². The number of rotatable bonds is 3. The molecule has 1 aliphatic heterocycles. The van der Waals surface area contributed by atoms with Gasteiger partial charge in [0, 0.05) is 23.9 Å². The van der Waals surface area contributed by atoms with E-state index in [2.05, 4.69) is 15.3 Å². The first-order chi connectivity index (χ1) is 14.3. The summed E-state index contributed by atoms with van der Waals surface area (Å²) in [6, 6.07) is 10.7. The molecule has 1 aliphatic rings. The minimum Gasteiger partial charge on any atom is -0.339 e. The highest BCUT2D eigenvalue weighted by molar-refractivity contribution is 6.10. The largest absolute Gasteiger partial charge is 0.416 e. The van der Waals surface area contributed by atoms with Crippen molar-refractivity contribution < 1.29 is 18.1 Å². The Labute approximate surface area is 167 Å². The molecule has 1 atom stereocenters. The summed E-state index contributed by atoms with van der Waals surface area (Å²) in [5.74, 6) is 0.124. The van der Waals surface area contributed by atoms with Crippen LogP contribution in [0.2, 0.25) is 0 Å². The third kappa shape index (κ3) is 3.43. The summed E-state index contributed by atoms with van der Waals surface area (Å²) >= 11 is 0. The van der Waals surface area contributed by atoms with Gasteiger partial charge < -0.3 is 10.3 Å². The van der Waals surface area contributed by atoms with Gasteiger partial charge in [-0.15, -0.1) is 0 Å². The minimum atomic E-state index is -4.65. The summed E-state index contributed by atoms with van der Waals surface area (Å²) in [4.78, 5) is 29.8. The summed E-state index contributed by atoms with van der Waals surface area (Å²) in [6.45, 7) is 0. The number of fused-ring (bicyclic) bond motifs is 1. The summed E-state index contributed by atoms with van der Waals surface area (Å²) in [6.07, 6.45) is -3.29. The van der Waals surface area contributed by atoms with Crippen molar-refractivity contribution >= 4 is 17.2 Å². The Hall–Kier alpha value is -3.95. The van der Waals surface area contributed by atoms with Crippen LogP contribution in [0.4, 0.5) is 24.5 Å². The number of halogens is 3. The zero-order chi connectivity index (χ0) is 21.5. The SMILES string of the molecule is O=c1[nH]ccc2c1C(c1ccccc1C(F)(F)F)N=C(c1cccc([N+](=O)[O-])c1)N2. The molecular formula is C20H13F3N4O3. The van der Waals surface area contributed by atoms with Crippen molar-refractivity contribution in [1.29, 1.82) is 0 Å². The monoisotopic (exact) mass is 414 g/mol. The number of non-ortho nitro benzene ring substituents is 1. The molecule has 0 bridgehead atoms. The Morgan fingerprint density at radius 3 is 2.57 bits per heavy atom. The van der Waals surface area contributed by atoms with Gasteiger partial charge in [0.15, 0.2) is 0 Å². The number of hydrogen-bond acceptors (Lipinski definition) is 5. The number of aromatic amines is 1. The number of benzene rings is 2. The van der Waals surface area contributed by atoms with Gasteiger partial charge in [-0.05, 0) is 17.7 Å². The van der Waals surface area contributed by atoms with Gasteiger partial charge >= 0.3 is 6.18 Å².